The molecule has 1 amide bonds. The monoisotopic (exact) mass is 455 g/mol. The first-order chi connectivity index (χ1) is 15.2. The number of ether oxygens (including phenoxy) is 1. The van der Waals surface area contributed by atoms with Gasteiger partial charge in [-0.25, -0.2) is 22.7 Å². The summed E-state index contributed by atoms with van der Waals surface area (Å²) in [6, 6.07) is 11.9. The summed E-state index contributed by atoms with van der Waals surface area (Å²) in [4.78, 5) is 26.6. The van der Waals surface area contributed by atoms with Crippen LogP contribution in [-0.2, 0) is 10.0 Å². The Kier molecular flexibility index (Phi) is 5.74. The van der Waals surface area contributed by atoms with Gasteiger partial charge < -0.3 is 9.64 Å². The molecule has 0 fully saturated rings. The maximum Gasteiger partial charge on any atom is 0.259 e. The Morgan fingerprint density at radius 3 is 2.31 bits per heavy atom. The second-order valence-electron chi connectivity index (χ2n) is 7.74. The van der Waals surface area contributed by atoms with E-state index in [1.165, 1.54) is 33.3 Å². The van der Waals surface area contributed by atoms with Crippen molar-refractivity contribution in [3.63, 3.8) is 0 Å². The fraction of sp³-hybridized carbons (Fsp3) is 0.318. The molecule has 4 rings (SSSR count). The normalized spacial score (nSPS) is 14.4. The molecule has 0 aliphatic carbocycles. The molecule has 1 aliphatic heterocycles. The quantitative estimate of drug-likeness (QED) is 0.596. The van der Waals surface area contributed by atoms with Crippen LogP contribution in [0.1, 0.15) is 16.8 Å². The third kappa shape index (κ3) is 3.76. The highest BCUT2D eigenvalue weighted by atomic mass is 32.2. The molecule has 32 heavy (non-hydrogen) atoms. The first-order valence-corrected chi connectivity index (χ1v) is 11.6. The van der Waals surface area contributed by atoms with Gasteiger partial charge in [0.25, 0.3) is 5.91 Å². The first-order valence-electron chi connectivity index (χ1n) is 10.1. The lowest BCUT2D eigenvalue weighted by Gasteiger charge is -2.23. The van der Waals surface area contributed by atoms with Crippen molar-refractivity contribution in [2.75, 3.05) is 51.1 Å². The topological polar surface area (TPSA) is 95.9 Å². The lowest BCUT2D eigenvalue weighted by Crippen LogP contribution is -2.33. The fourth-order valence-corrected chi connectivity index (χ4v) is 4.73. The molecule has 2 heterocycles. The molecule has 0 spiro atoms. The predicted molar refractivity (Wildman–Crippen MR) is 123 cm³/mol. The minimum atomic E-state index is -3.81. The summed E-state index contributed by atoms with van der Waals surface area (Å²) in [6.45, 7) is 1.15. The fourth-order valence-electron chi connectivity index (χ4n) is 3.66. The molecule has 168 valence electrons. The van der Waals surface area contributed by atoms with Crippen LogP contribution in [0.5, 0.6) is 5.75 Å². The van der Waals surface area contributed by atoms with Crippen molar-refractivity contribution >= 4 is 38.6 Å². The minimum absolute atomic E-state index is 0.0624. The van der Waals surface area contributed by atoms with Gasteiger partial charge in [0.15, 0.2) is 11.6 Å². The average Bonchev–Trinajstić information content (AvgIpc) is 2.95. The first kappa shape index (κ1) is 22.0. The number of methoxy groups -OCH3 is 1. The highest BCUT2D eigenvalue weighted by Gasteiger charge is 2.30. The van der Waals surface area contributed by atoms with Crippen LogP contribution in [0, 0.1) is 0 Å². The molecule has 0 radical (unpaired) electrons. The number of benzene rings is 2. The molecule has 0 saturated carbocycles. The van der Waals surface area contributed by atoms with Crippen molar-refractivity contribution in [3.8, 4) is 5.75 Å². The molecule has 1 aliphatic rings. The SMILES string of the molecule is COc1ccc(C(=O)N2CCCN(C)c3nc4ccccc4nc32)cc1S(=O)(=O)N(C)C. The Bertz CT molecular complexity index is 1290. The van der Waals surface area contributed by atoms with Gasteiger partial charge in [0, 0.05) is 39.8 Å². The van der Waals surface area contributed by atoms with Crippen molar-refractivity contribution < 1.29 is 17.9 Å². The van der Waals surface area contributed by atoms with E-state index < -0.39 is 10.0 Å². The third-order valence-corrected chi connectivity index (χ3v) is 7.28. The molecular formula is C22H25N5O4S. The van der Waals surface area contributed by atoms with E-state index in [2.05, 4.69) is 0 Å². The van der Waals surface area contributed by atoms with Crippen LogP contribution >= 0.6 is 0 Å². The van der Waals surface area contributed by atoms with E-state index in [4.69, 9.17) is 14.7 Å². The number of sulfonamides is 1. The molecule has 10 heteroatoms. The third-order valence-electron chi connectivity index (χ3n) is 5.44. The summed E-state index contributed by atoms with van der Waals surface area (Å²) in [6.07, 6.45) is 0.718. The summed E-state index contributed by atoms with van der Waals surface area (Å²) in [7, 11) is 2.38. The Hall–Kier alpha value is -3.24. The molecule has 1 aromatic heterocycles. The number of rotatable bonds is 4. The van der Waals surface area contributed by atoms with Crippen LogP contribution in [0.15, 0.2) is 47.4 Å². The molecule has 2 aromatic carbocycles. The number of hydrogen-bond donors (Lipinski definition) is 0. The van der Waals surface area contributed by atoms with E-state index in [1.807, 2.05) is 36.2 Å². The average molecular weight is 456 g/mol. The number of hydrogen-bond acceptors (Lipinski definition) is 7. The van der Waals surface area contributed by atoms with Gasteiger partial charge in [-0.2, -0.15) is 0 Å². The number of fused-ring (bicyclic) bond motifs is 2. The maximum absolute atomic E-state index is 13.6. The molecule has 3 aromatic rings. The zero-order valence-corrected chi connectivity index (χ0v) is 19.3. The molecular weight excluding hydrogens is 430 g/mol. The Balaban J connectivity index is 1.84. The molecule has 0 N–H and O–H groups in total. The van der Waals surface area contributed by atoms with E-state index in [1.54, 1.807) is 11.0 Å². The van der Waals surface area contributed by atoms with Crippen LogP contribution in [0.4, 0.5) is 11.6 Å². The predicted octanol–water partition coefficient (Wildman–Crippen LogP) is 2.38. The van der Waals surface area contributed by atoms with Crippen molar-refractivity contribution in [2.24, 2.45) is 0 Å². The number of anilines is 2. The minimum Gasteiger partial charge on any atom is -0.495 e. The summed E-state index contributed by atoms with van der Waals surface area (Å²) < 4.78 is 31.9. The molecule has 0 unspecified atom stereocenters. The van der Waals surface area contributed by atoms with Gasteiger partial charge in [-0.05, 0) is 36.8 Å². The molecule has 9 nitrogen and oxygen atoms in total. The van der Waals surface area contributed by atoms with Gasteiger partial charge in [0.1, 0.15) is 10.6 Å². The van der Waals surface area contributed by atoms with Crippen LogP contribution in [0.2, 0.25) is 0 Å². The van der Waals surface area contributed by atoms with Gasteiger partial charge in [0.05, 0.1) is 18.1 Å². The number of aromatic nitrogens is 2. The summed E-state index contributed by atoms with van der Waals surface area (Å²) in [5.74, 6) is 0.909. The number of para-hydroxylation sites is 2. The summed E-state index contributed by atoms with van der Waals surface area (Å²) >= 11 is 0. The second kappa shape index (κ2) is 8.36. The number of nitrogens with zero attached hydrogens (tertiary/aromatic N) is 5. The van der Waals surface area contributed by atoms with Gasteiger partial charge >= 0.3 is 0 Å². The van der Waals surface area contributed by atoms with E-state index in [0.717, 1.165) is 16.2 Å². The van der Waals surface area contributed by atoms with Crippen LogP contribution in [-0.4, -0.2) is 69.9 Å². The largest absolute Gasteiger partial charge is 0.495 e. The van der Waals surface area contributed by atoms with Gasteiger partial charge in [-0.1, -0.05) is 12.1 Å². The molecule has 0 bridgehead atoms. The van der Waals surface area contributed by atoms with Gasteiger partial charge in [-0.3, -0.25) is 9.69 Å². The van der Waals surface area contributed by atoms with E-state index in [-0.39, 0.29) is 22.1 Å². The van der Waals surface area contributed by atoms with Crippen molar-refractivity contribution in [1.82, 2.24) is 14.3 Å². The summed E-state index contributed by atoms with van der Waals surface area (Å²) in [5, 5.41) is 0. The molecule has 0 atom stereocenters. The molecule has 0 saturated heterocycles. The maximum atomic E-state index is 13.6. The smallest absolute Gasteiger partial charge is 0.259 e. The van der Waals surface area contributed by atoms with Gasteiger partial charge in [0.2, 0.25) is 10.0 Å². The zero-order valence-electron chi connectivity index (χ0n) is 18.4. The number of carbonyl (C=O) groups is 1. The lowest BCUT2D eigenvalue weighted by atomic mass is 10.2. The van der Waals surface area contributed by atoms with Crippen molar-refractivity contribution in [3.05, 3.63) is 48.0 Å². The lowest BCUT2D eigenvalue weighted by molar-refractivity contribution is 0.0986. The van der Waals surface area contributed by atoms with Crippen LogP contribution < -0.4 is 14.5 Å². The van der Waals surface area contributed by atoms with Crippen LogP contribution in [0.25, 0.3) is 11.0 Å². The van der Waals surface area contributed by atoms with Gasteiger partial charge in [-0.15, -0.1) is 0 Å². The van der Waals surface area contributed by atoms with E-state index >= 15 is 0 Å². The Labute approximate surface area is 187 Å². The highest BCUT2D eigenvalue weighted by molar-refractivity contribution is 7.89. The van der Waals surface area contributed by atoms with Crippen molar-refractivity contribution in [2.45, 2.75) is 11.3 Å². The number of carbonyl (C=O) groups excluding carboxylic acids is 1. The van der Waals surface area contributed by atoms with E-state index in [9.17, 15) is 13.2 Å². The Morgan fingerprint density at radius 2 is 1.69 bits per heavy atom. The van der Waals surface area contributed by atoms with Crippen molar-refractivity contribution in [1.29, 1.82) is 0 Å². The highest BCUT2D eigenvalue weighted by Crippen LogP contribution is 2.33. The Morgan fingerprint density at radius 1 is 1.03 bits per heavy atom. The number of amides is 1. The standard InChI is InChI=1S/C22H25N5O4S/c1-25(2)32(29,30)19-14-15(10-11-18(19)31-4)22(28)27-13-7-12-26(3)20-21(27)24-17-9-6-5-8-16(17)23-20/h5-6,8-11,14H,7,12-13H2,1-4H3. The second-order valence-corrected chi connectivity index (χ2v) is 9.86. The van der Waals surface area contributed by atoms with Crippen LogP contribution in [0.3, 0.4) is 0 Å². The van der Waals surface area contributed by atoms with E-state index in [0.29, 0.717) is 30.2 Å². The summed E-state index contributed by atoms with van der Waals surface area (Å²) in [5.41, 5.74) is 1.66. The zero-order chi connectivity index (χ0) is 23.0.